The van der Waals surface area contributed by atoms with Gasteiger partial charge in [0.2, 0.25) is 6.17 Å². The number of hydrogen-bond acceptors (Lipinski definition) is 2. The van der Waals surface area contributed by atoms with Crippen LogP contribution in [0.2, 0.25) is 0 Å². The first-order valence-electron chi connectivity index (χ1n) is 19.8. The van der Waals surface area contributed by atoms with Gasteiger partial charge in [0.05, 0.1) is 5.92 Å². The molecule has 2 rings (SSSR count). The van der Waals surface area contributed by atoms with Crippen molar-refractivity contribution in [2.24, 2.45) is 21.8 Å². The predicted molar refractivity (Wildman–Crippen MR) is 198 cm³/mol. The van der Waals surface area contributed by atoms with Crippen LogP contribution in [0, 0.1) is 18.0 Å². The van der Waals surface area contributed by atoms with Crippen LogP contribution in [0.15, 0.2) is 40.3 Å². The van der Waals surface area contributed by atoms with Gasteiger partial charge >= 0.3 is 0 Å². The summed E-state index contributed by atoms with van der Waals surface area (Å²) in [6.45, 7) is 4.61. The molecule has 2 unspecified atom stereocenters. The lowest BCUT2D eigenvalue weighted by atomic mass is 9.78. The van der Waals surface area contributed by atoms with Crippen molar-refractivity contribution in [1.82, 2.24) is 0 Å². The molecule has 2 nitrogen and oxygen atoms in total. The van der Waals surface area contributed by atoms with E-state index in [1.165, 1.54) is 185 Å². The van der Waals surface area contributed by atoms with Gasteiger partial charge < -0.3 is 0 Å². The van der Waals surface area contributed by atoms with Gasteiger partial charge in [-0.1, -0.05) is 221 Å². The molecule has 1 aromatic rings. The highest BCUT2D eigenvalue weighted by atomic mass is 15.0. The molecule has 2 heteroatoms. The lowest BCUT2D eigenvalue weighted by Crippen LogP contribution is -2.22. The fourth-order valence-corrected chi connectivity index (χ4v) is 7.19. The van der Waals surface area contributed by atoms with Gasteiger partial charge in [-0.25, -0.2) is 0 Å². The Labute approximate surface area is 275 Å². The van der Waals surface area contributed by atoms with Gasteiger partial charge in [-0.2, -0.15) is 0 Å². The van der Waals surface area contributed by atoms with Crippen molar-refractivity contribution in [1.29, 1.82) is 0 Å². The van der Waals surface area contributed by atoms with Crippen molar-refractivity contribution in [3.05, 3.63) is 42.1 Å². The lowest BCUT2D eigenvalue weighted by Gasteiger charge is -2.26. The molecule has 2 atom stereocenters. The third-order valence-electron chi connectivity index (χ3n) is 10.0. The first kappa shape index (κ1) is 38.6. The maximum Gasteiger partial charge on any atom is 0.244 e. The van der Waals surface area contributed by atoms with Crippen molar-refractivity contribution >= 4 is 12.4 Å². The molecule has 250 valence electrons. The van der Waals surface area contributed by atoms with Crippen LogP contribution >= 0.6 is 0 Å². The first-order chi connectivity index (χ1) is 21.8. The van der Waals surface area contributed by atoms with Crippen LogP contribution in [-0.4, -0.2) is 12.4 Å². The smallest absolute Gasteiger partial charge is 0.0965 e. The van der Waals surface area contributed by atoms with E-state index in [-0.39, 0.29) is 0 Å². The van der Waals surface area contributed by atoms with Gasteiger partial charge in [-0.05, 0) is 30.7 Å². The molecule has 0 aliphatic carbocycles. The number of nitrogens with zero attached hydrogens (tertiary/aromatic N) is 2. The maximum absolute atomic E-state index is 4.76. The molecule has 0 amide bonds. The van der Waals surface area contributed by atoms with Gasteiger partial charge in [0.1, 0.15) is 0 Å². The van der Waals surface area contributed by atoms with Crippen LogP contribution in [0.1, 0.15) is 199 Å². The molecule has 0 bridgehead atoms. The van der Waals surface area contributed by atoms with Crippen molar-refractivity contribution in [2.45, 2.75) is 200 Å². The van der Waals surface area contributed by atoms with E-state index in [0.29, 0.717) is 11.8 Å². The fraction of sp³-hybridized carbons (Fsp3) is 0.786. The van der Waals surface area contributed by atoms with Gasteiger partial charge in [-0.15, -0.1) is 0 Å². The van der Waals surface area contributed by atoms with E-state index in [1.807, 2.05) is 12.4 Å². The lowest BCUT2D eigenvalue weighted by molar-refractivity contribution is 0.284. The third-order valence-corrected chi connectivity index (χ3v) is 10.0. The SMILES string of the molecule is CCCCCCCCCCCCCCCCCCCC([C+]1N=CC=N1)C(CCCCCCCCCCC)Cc1ccccc1. The summed E-state index contributed by atoms with van der Waals surface area (Å²) in [6, 6.07) is 11.2. The van der Waals surface area contributed by atoms with Crippen LogP contribution in [0.4, 0.5) is 0 Å². The molecule has 44 heavy (non-hydrogen) atoms. The second-order valence-electron chi connectivity index (χ2n) is 14.0. The van der Waals surface area contributed by atoms with E-state index in [4.69, 9.17) is 9.98 Å². The Kier molecular flexibility index (Phi) is 25.3. The van der Waals surface area contributed by atoms with Crippen LogP contribution < -0.4 is 0 Å². The highest BCUT2D eigenvalue weighted by molar-refractivity contribution is 6.18. The zero-order valence-corrected chi connectivity index (χ0v) is 29.6. The Bertz CT molecular complexity index is 772. The molecule has 0 N–H and O–H groups in total. The highest BCUT2D eigenvalue weighted by Crippen LogP contribution is 2.37. The summed E-state index contributed by atoms with van der Waals surface area (Å²) in [6.07, 6.45) is 45.6. The van der Waals surface area contributed by atoms with Gasteiger partial charge in [0.15, 0.2) is 12.4 Å². The third kappa shape index (κ3) is 20.5. The molecule has 1 aliphatic rings. The van der Waals surface area contributed by atoms with Crippen LogP contribution in [-0.2, 0) is 6.42 Å². The molecule has 0 saturated heterocycles. The van der Waals surface area contributed by atoms with E-state index in [1.54, 1.807) is 0 Å². The maximum atomic E-state index is 4.76. The Hall–Kier alpha value is -1.57. The summed E-state index contributed by atoms with van der Waals surface area (Å²) in [7, 11) is 0. The average molecular weight is 606 g/mol. The molecule has 1 aromatic carbocycles. The largest absolute Gasteiger partial charge is 0.244 e. The van der Waals surface area contributed by atoms with Crippen molar-refractivity contribution in [3.8, 4) is 0 Å². The molecular weight excluding hydrogens is 532 g/mol. The minimum absolute atomic E-state index is 0.496. The number of hydrogen-bond donors (Lipinski definition) is 0. The summed E-state index contributed by atoms with van der Waals surface area (Å²) in [4.78, 5) is 9.51. The zero-order chi connectivity index (χ0) is 31.2. The monoisotopic (exact) mass is 606 g/mol. The van der Waals surface area contributed by atoms with Gasteiger partial charge in [0.25, 0.3) is 0 Å². The van der Waals surface area contributed by atoms with E-state index in [2.05, 4.69) is 44.2 Å². The molecular formula is C42H73N2+. The number of aliphatic imine (C=N–C) groups is 2. The molecule has 0 spiro atoms. The fourth-order valence-electron chi connectivity index (χ4n) is 7.19. The summed E-state index contributed by atoms with van der Waals surface area (Å²) < 4.78 is 0. The van der Waals surface area contributed by atoms with Crippen LogP contribution in [0.3, 0.4) is 0 Å². The Morgan fingerprint density at radius 2 is 0.818 bits per heavy atom. The summed E-state index contributed by atoms with van der Waals surface area (Å²) in [5.41, 5.74) is 1.48. The van der Waals surface area contributed by atoms with Crippen molar-refractivity contribution in [3.63, 3.8) is 0 Å². The van der Waals surface area contributed by atoms with Crippen LogP contribution in [0.5, 0.6) is 0 Å². The van der Waals surface area contributed by atoms with Crippen molar-refractivity contribution < 1.29 is 0 Å². The Morgan fingerprint density at radius 1 is 0.455 bits per heavy atom. The topological polar surface area (TPSA) is 24.7 Å². The average Bonchev–Trinajstić information content (AvgIpc) is 3.58. The molecule has 0 radical (unpaired) electrons. The summed E-state index contributed by atoms with van der Waals surface area (Å²) in [5.74, 6) is 1.14. The van der Waals surface area contributed by atoms with E-state index < -0.39 is 0 Å². The highest BCUT2D eigenvalue weighted by Gasteiger charge is 2.35. The Balaban J connectivity index is 1.63. The van der Waals surface area contributed by atoms with Gasteiger partial charge in [-0.3, -0.25) is 0 Å². The van der Waals surface area contributed by atoms with E-state index >= 15 is 0 Å². The van der Waals surface area contributed by atoms with Gasteiger partial charge in [0, 0.05) is 0 Å². The second-order valence-corrected chi connectivity index (χ2v) is 14.0. The number of benzene rings is 1. The van der Waals surface area contributed by atoms with Crippen LogP contribution in [0.25, 0.3) is 0 Å². The Morgan fingerprint density at radius 3 is 1.23 bits per heavy atom. The predicted octanol–water partition coefficient (Wildman–Crippen LogP) is 14.1. The van der Waals surface area contributed by atoms with E-state index in [0.717, 1.165) is 12.6 Å². The molecule has 0 aromatic heterocycles. The minimum Gasteiger partial charge on any atom is -0.0965 e. The summed E-state index contributed by atoms with van der Waals surface area (Å²) in [5, 5.41) is 0. The quantitative estimate of drug-likeness (QED) is 0.0576. The molecule has 1 aliphatic heterocycles. The van der Waals surface area contributed by atoms with Crippen molar-refractivity contribution in [2.75, 3.05) is 0 Å². The second kappa shape index (κ2) is 28.9. The zero-order valence-electron chi connectivity index (χ0n) is 29.6. The molecule has 1 heterocycles. The molecule has 0 fully saturated rings. The number of unbranched alkanes of at least 4 members (excludes halogenated alkanes) is 24. The molecule has 0 saturated carbocycles. The van der Waals surface area contributed by atoms with E-state index in [9.17, 15) is 0 Å². The summed E-state index contributed by atoms with van der Waals surface area (Å²) >= 11 is 0. The number of rotatable bonds is 32. The minimum atomic E-state index is 0.496. The standard InChI is InChI=1S/C42H73N2/c1-3-5-7-9-11-13-14-15-16-17-18-19-20-22-24-26-31-35-41(42-43-36-37-44-42)40(38-39-32-28-27-29-33-39)34-30-25-23-21-12-10-8-6-4-2/h27-29,32-33,36-37,40-41H,3-26,30-31,34-35,38H2,1-2H3/q+1. The first-order valence-corrected chi connectivity index (χ1v) is 19.8. The normalized spacial score (nSPS) is 14.1.